The third kappa shape index (κ3) is 20.0. The van der Waals surface area contributed by atoms with Gasteiger partial charge in [-0.3, -0.25) is 0 Å². The Balaban J connectivity index is 0.000000419. The van der Waals surface area contributed by atoms with E-state index in [-0.39, 0.29) is 22.1 Å². The van der Waals surface area contributed by atoms with Crippen molar-refractivity contribution in [1.82, 2.24) is 8.96 Å². The van der Waals surface area contributed by atoms with Crippen molar-refractivity contribution in [3.05, 3.63) is 89.7 Å². The molecule has 0 spiro atoms. The van der Waals surface area contributed by atoms with Crippen molar-refractivity contribution in [2.24, 2.45) is 0 Å². The Labute approximate surface area is 561 Å². The van der Waals surface area contributed by atoms with Gasteiger partial charge in [0.25, 0.3) is 10.0 Å². The van der Waals surface area contributed by atoms with Crippen LogP contribution in [0.1, 0.15) is 26.3 Å². The lowest BCUT2D eigenvalue weighted by Gasteiger charge is -2.56. The van der Waals surface area contributed by atoms with Crippen LogP contribution in [0.5, 0.6) is 0 Å². The van der Waals surface area contributed by atoms with Crippen LogP contribution < -0.4 is 11.5 Å². The van der Waals surface area contributed by atoms with E-state index in [1.165, 1.54) is 39.6 Å². The van der Waals surface area contributed by atoms with Crippen LogP contribution in [0.25, 0.3) is 21.8 Å². The van der Waals surface area contributed by atoms with Crippen LogP contribution in [0, 0.1) is 6.92 Å². The van der Waals surface area contributed by atoms with Crippen LogP contribution in [-0.2, 0) is 19.5 Å². The first-order valence-corrected chi connectivity index (χ1v) is 28.8. The molecule has 60 heteroatoms. The maximum absolute atomic E-state index is 12.9. The molecule has 0 amide bonds. The highest BCUT2D eigenvalue weighted by atomic mass is 32.2. The van der Waals surface area contributed by atoms with Gasteiger partial charge < -0.3 is 25.9 Å². The molecule has 0 aliphatic rings. The van der Waals surface area contributed by atoms with E-state index in [1.54, 1.807) is 48.7 Å². The van der Waals surface area contributed by atoms with Gasteiger partial charge in [0.2, 0.25) is 0 Å². The van der Waals surface area contributed by atoms with Crippen molar-refractivity contribution >= 4 is 402 Å². The number of ether oxygens (including phenoxy) is 2. The number of aromatic nitrogens is 2. The fraction of sp³-hybridized carbons (Fsp3) is 0.111. The highest BCUT2D eigenvalue weighted by Crippen LogP contribution is 2.29. The molecule has 0 fully saturated rings. The first kappa shape index (κ1) is 79.6. The lowest BCUT2D eigenvalue weighted by atomic mass is 8.25. The van der Waals surface area contributed by atoms with E-state index in [4.69, 9.17) is 210 Å². The number of H-pyrrole nitrogens is 1. The number of anilines is 2. The van der Waals surface area contributed by atoms with E-state index in [9.17, 15) is 18.0 Å². The van der Waals surface area contributed by atoms with Gasteiger partial charge in [0.15, 0.2) is 0 Å². The number of nitrogens with two attached hydrogens (primary N) is 2. The Kier molecular flexibility index (Phi) is 32.6. The molecule has 10 nitrogen and oxygen atoms in total. The molecule has 0 atom stereocenters. The van der Waals surface area contributed by atoms with Crippen molar-refractivity contribution < 1.29 is 27.5 Å². The molecule has 3 aromatic carbocycles. The quantitative estimate of drug-likeness (QED) is 0.0266. The van der Waals surface area contributed by atoms with E-state index < -0.39 is 163 Å². The number of rotatable bonds is 27. The molecule has 2 heterocycles. The number of esters is 2. The molecule has 5 aromatic rings. The molecule has 0 aliphatic carbocycles. The monoisotopic (exact) mass is 1070 g/mol. The number of methoxy groups -OCH3 is 2. The topological polar surface area (TPSA) is 159 Å². The minimum atomic E-state index is -3.80. The van der Waals surface area contributed by atoms with Crippen LogP contribution in [0.2, 0.25) is 0 Å². The standard InChI is InChI=1S/C17H16N2O4S.C10H10N2O2.B49/c1-11-3-5-13(6-4-11)24(21,22)19-8-7-14-15(17(20)23-2)9-12(18)10-16(14)19;1-14-10(13)8-4-6(11)5-9-7(8)2-3-12-9;1-26-39(27(2)3)45(38(24)25)48(44(36(20)21)37(22)23)49(46(40(28(4)5)29(6)7)41(30(8)9)31(10)11)47(42(32(12)13)33(14)15)43(34(16)17)35(18)19/h3-10H,18H2,1-2H3;2-5,12H,11H2,1H3;. The molecule has 87 heavy (non-hydrogen) atoms. The highest BCUT2D eigenvalue weighted by molar-refractivity contribution is 8.35. The Hall–Kier alpha value is -1.59. The van der Waals surface area contributed by atoms with Gasteiger partial charge in [0.05, 0.1) is 35.8 Å². The summed E-state index contributed by atoms with van der Waals surface area (Å²) in [6.45, 7) is 1.88. The third-order valence-electron chi connectivity index (χ3n) is 15.9. The van der Waals surface area contributed by atoms with Crippen LogP contribution >= 0.6 is 0 Å². The predicted octanol–water partition coefficient (Wildman–Crippen LogP) is -14.6. The van der Waals surface area contributed by atoms with Gasteiger partial charge in [-0.05, 0) is 55.5 Å². The molecule has 343 valence electrons. The lowest BCUT2D eigenvalue weighted by molar-refractivity contribution is 0.0594. The van der Waals surface area contributed by atoms with Crippen LogP contribution in [0.15, 0.2) is 78.0 Å². The van der Waals surface area contributed by atoms with E-state index in [2.05, 4.69) is 9.72 Å². The van der Waals surface area contributed by atoms with E-state index >= 15 is 0 Å². The van der Waals surface area contributed by atoms with Crippen molar-refractivity contribution in [2.45, 2.75) is 11.8 Å². The molecule has 0 aliphatic heterocycles. The summed E-state index contributed by atoms with van der Waals surface area (Å²) in [5.41, 5.74) is 15.1. The Morgan fingerprint density at radius 2 is 0.793 bits per heavy atom. The van der Waals surface area contributed by atoms with E-state index in [1.807, 2.05) is 13.0 Å². The molecule has 0 saturated heterocycles. The molecular weight excluding hydrogens is 1040 g/mol. The first-order valence-electron chi connectivity index (χ1n) is 27.3. The van der Waals surface area contributed by atoms with Crippen LogP contribution in [0.4, 0.5) is 11.4 Å². The van der Waals surface area contributed by atoms with Gasteiger partial charge in [0.1, 0.15) is 0 Å². The van der Waals surface area contributed by atoms with E-state index in [0.717, 1.165) is 20.4 Å². The summed E-state index contributed by atoms with van der Waals surface area (Å²) in [5, 5.41) is 1.29. The number of carbonyl (C=O) groups excluding carboxylic acids is 2. The Bertz CT molecular complexity index is 2940. The Morgan fingerprint density at radius 3 is 1.13 bits per heavy atom. The fourth-order valence-electron chi connectivity index (χ4n) is 12.2. The number of nitrogen functional groups attached to an aromatic ring is 2. The van der Waals surface area contributed by atoms with Gasteiger partial charge in [-0.25, -0.2) is 22.0 Å². The number of carbonyl (C=O) groups is 2. The molecule has 5 N–H and O–H groups in total. The van der Waals surface area contributed by atoms with Crippen molar-refractivity contribution in [3.8, 4) is 0 Å². The zero-order chi connectivity index (χ0) is 66.6. The molecule has 5 rings (SSSR count). The summed E-state index contributed by atoms with van der Waals surface area (Å²) in [4.78, 5) is 26.4. The average molecular weight is 1060 g/mol. The second kappa shape index (κ2) is 35.6. The maximum atomic E-state index is 12.9. The highest BCUT2D eigenvalue weighted by Gasteiger charge is 2.60. The van der Waals surface area contributed by atoms with Gasteiger partial charge in [-0.1, -0.05) is 17.7 Å². The first-order chi connectivity index (χ1) is 40.4. The number of benzene rings is 3. The maximum Gasteiger partial charge on any atom is 0.338 e. The van der Waals surface area contributed by atoms with Gasteiger partial charge in [-0.15, -0.1) is 0 Å². The second-order valence-electron chi connectivity index (χ2n) is 21.9. The van der Waals surface area contributed by atoms with Crippen molar-refractivity contribution in [3.63, 3.8) is 0 Å². The van der Waals surface area contributed by atoms with Gasteiger partial charge in [-0.2, -0.15) is 0 Å². The number of hydrogen-bond donors (Lipinski definition) is 3. The average Bonchev–Trinajstić information content (AvgIpc) is 1.12. The zero-order valence-electron chi connectivity index (χ0n) is 49.2. The van der Waals surface area contributed by atoms with E-state index in [0.29, 0.717) is 22.2 Å². The summed E-state index contributed by atoms with van der Waals surface area (Å²) in [6.07, 6.45) is -25.6. The zero-order valence-corrected chi connectivity index (χ0v) is 50.0. The number of nitrogens with zero attached hydrogens (tertiary/aromatic N) is 1. The summed E-state index contributed by atoms with van der Waals surface area (Å²) in [6, 6.07) is 16.3. The molecule has 0 saturated carbocycles. The number of hydrogen-bond acceptors (Lipinski definition) is 8. The number of aryl methyl sites for hydroxylation is 1. The minimum Gasteiger partial charge on any atom is -0.465 e. The van der Waals surface area contributed by atoms with Gasteiger partial charge in [0, 0.05) is 387 Å². The predicted molar refractivity (Wildman–Crippen MR) is 427 cm³/mol. The van der Waals surface area contributed by atoms with Crippen molar-refractivity contribution in [2.75, 3.05) is 25.7 Å². The molecule has 2 aromatic heterocycles. The number of aromatic amines is 1. The lowest BCUT2D eigenvalue weighted by Crippen LogP contribution is -2.95. The van der Waals surface area contributed by atoms with Crippen LogP contribution in [0.3, 0.4) is 0 Å². The summed E-state index contributed by atoms with van der Waals surface area (Å²) >= 11 is 0. The SMILES string of the molecule is COC(=O)c1cc(N)cc2[nH]ccc12.COC(=O)c1cc(N)cc2c1ccn2S(=O)(=O)c1ccc(C)cc1.[B][B]B(B([B])[B])B(B([B])[B])B(B(B([B])[B])B([B])[B])B(B(B(B([B])[B])B([B])[B])B(B([B])[B])B([B])[B])B(B(B([B])[B])B([B])[B])B(B([B])[B])B([B])[B]. The summed E-state index contributed by atoms with van der Waals surface area (Å²) in [7, 11) is 160. The number of nitrogens with one attached hydrogen (secondary N) is 1. The molecule has 51 radical (unpaired) electrons. The summed E-state index contributed by atoms with van der Waals surface area (Å²) < 4.78 is 36.3. The molecule has 0 unspecified atom stereocenters. The molecule has 0 bridgehead atoms. The fourth-order valence-corrected chi connectivity index (χ4v) is 13.6. The summed E-state index contributed by atoms with van der Waals surface area (Å²) in [5.74, 6) is -0.945. The Morgan fingerprint density at radius 1 is 0.460 bits per heavy atom. The molecular formula is C27H26B49N4O6S. The van der Waals surface area contributed by atoms with Crippen molar-refractivity contribution in [1.29, 1.82) is 0 Å². The largest absolute Gasteiger partial charge is 0.465 e. The van der Waals surface area contributed by atoms with Gasteiger partial charge >= 0.3 is 11.9 Å². The van der Waals surface area contributed by atoms with Crippen LogP contribution in [-0.4, -0.2) is 391 Å². The minimum absolute atomic E-state index is 0.160. The third-order valence-corrected chi connectivity index (χ3v) is 17.6. The normalized spacial score (nSPS) is 10.3. The number of fused-ring (bicyclic) bond motifs is 2. The second-order valence-corrected chi connectivity index (χ2v) is 23.7. The smallest absolute Gasteiger partial charge is 0.338 e.